The Hall–Kier alpha value is -0.840. The van der Waals surface area contributed by atoms with Crippen LogP contribution in [0.25, 0.3) is 0 Å². The van der Waals surface area contributed by atoms with Crippen LogP contribution in [-0.2, 0) is 9.59 Å². The van der Waals surface area contributed by atoms with Crippen molar-refractivity contribution in [1.29, 1.82) is 0 Å². The van der Waals surface area contributed by atoms with Gasteiger partial charge < -0.3 is 10.8 Å². The van der Waals surface area contributed by atoms with Crippen molar-refractivity contribution in [3.8, 4) is 0 Å². The summed E-state index contributed by atoms with van der Waals surface area (Å²) in [4.78, 5) is 16.2. The molecule has 0 aromatic heterocycles. The molecular formula is C10H17F2NO3. The molecular weight excluding hydrogens is 220 g/mol. The minimum Gasteiger partial charge on any atom is -0.390 e. The lowest BCUT2D eigenvalue weighted by atomic mass is 9.88. The highest BCUT2D eigenvalue weighted by Crippen LogP contribution is 2.51. The summed E-state index contributed by atoms with van der Waals surface area (Å²) in [5.41, 5.74) is 4.01. The Morgan fingerprint density at radius 2 is 1.94 bits per heavy atom. The van der Waals surface area contributed by atoms with E-state index in [-0.39, 0.29) is 12.1 Å². The highest BCUT2D eigenvalue weighted by atomic mass is 19.3. The summed E-state index contributed by atoms with van der Waals surface area (Å²) in [6, 6.07) is 0. The van der Waals surface area contributed by atoms with Crippen LogP contribution in [0.15, 0.2) is 0 Å². The smallest absolute Gasteiger partial charge is 0.373 e. The van der Waals surface area contributed by atoms with E-state index in [2.05, 4.69) is 0 Å². The van der Waals surface area contributed by atoms with Gasteiger partial charge in [0.05, 0.1) is 5.54 Å². The standard InChI is InChI=1S/C9H17F2NO.CO2/c1-3-6-4-7(6)8(2,12)9(10,11)5-13;2-1-3/h6-7,13H,3-5,12H2,1-2H3;/t6-,7-,8+;/m0./s1. The molecule has 1 fully saturated rings. The maximum Gasteiger partial charge on any atom is 0.373 e. The van der Waals surface area contributed by atoms with Crippen molar-refractivity contribution in [2.45, 2.75) is 38.2 Å². The Morgan fingerprint density at radius 1 is 1.50 bits per heavy atom. The van der Waals surface area contributed by atoms with Crippen LogP contribution in [0.3, 0.4) is 0 Å². The van der Waals surface area contributed by atoms with E-state index in [0.29, 0.717) is 5.92 Å². The van der Waals surface area contributed by atoms with Gasteiger partial charge in [-0.3, -0.25) is 0 Å². The molecule has 0 unspecified atom stereocenters. The van der Waals surface area contributed by atoms with Crippen molar-refractivity contribution in [2.24, 2.45) is 17.6 Å². The van der Waals surface area contributed by atoms with E-state index >= 15 is 0 Å². The Kier molecular flexibility index (Phi) is 5.19. The predicted octanol–water partition coefficient (Wildman–Crippen LogP) is 0.794. The first-order valence-corrected chi connectivity index (χ1v) is 5.05. The van der Waals surface area contributed by atoms with E-state index in [0.717, 1.165) is 12.8 Å². The Labute approximate surface area is 92.8 Å². The molecule has 0 aromatic rings. The largest absolute Gasteiger partial charge is 0.390 e. The summed E-state index contributed by atoms with van der Waals surface area (Å²) < 4.78 is 26.3. The monoisotopic (exact) mass is 237 g/mol. The highest BCUT2D eigenvalue weighted by Gasteiger charge is 2.59. The van der Waals surface area contributed by atoms with Crippen LogP contribution in [0, 0.1) is 11.8 Å². The molecule has 94 valence electrons. The minimum absolute atomic E-state index is 0.139. The number of aliphatic hydroxyl groups is 1. The topological polar surface area (TPSA) is 80.4 Å². The number of aliphatic hydroxyl groups excluding tert-OH is 1. The second kappa shape index (κ2) is 5.48. The molecule has 16 heavy (non-hydrogen) atoms. The van der Waals surface area contributed by atoms with E-state index in [1.165, 1.54) is 6.92 Å². The molecule has 4 nitrogen and oxygen atoms in total. The fourth-order valence-corrected chi connectivity index (χ4v) is 1.87. The van der Waals surface area contributed by atoms with E-state index in [4.69, 9.17) is 20.4 Å². The van der Waals surface area contributed by atoms with Gasteiger partial charge in [0.15, 0.2) is 0 Å². The molecule has 0 spiro atoms. The van der Waals surface area contributed by atoms with Crippen LogP contribution in [0.2, 0.25) is 0 Å². The molecule has 3 N–H and O–H groups in total. The van der Waals surface area contributed by atoms with Crippen LogP contribution in [0.5, 0.6) is 0 Å². The number of rotatable bonds is 4. The number of halogens is 2. The van der Waals surface area contributed by atoms with Gasteiger partial charge in [-0.05, 0) is 25.2 Å². The summed E-state index contributed by atoms with van der Waals surface area (Å²) in [6.45, 7) is 2.15. The molecule has 0 aliphatic heterocycles. The van der Waals surface area contributed by atoms with Crippen molar-refractivity contribution in [1.82, 2.24) is 0 Å². The van der Waals surface area contributed by atoms with Crippen molar-refractivity contribution < 1.29 is 23.5 Å². The lowest BCUT2D eigenvalue weighted by Crippen LogP contribution is -2.57. The molecule has 0 amide bonds. The third kappa shape index (κ3) is 3.07. The molecule has 0 aromatic carbocycles. The van der Waals surface area contributed by atoms with Gasteiger partial charge in [0.1, 0.15) is 6.61 Å². The Bertz CT molecular complexity index is 263. The average Bonchev–Trinajstić information content (AvgIpc) is 2.98. The summed E-state index contributed by atoms with van der Waals surface area (Å²) in [6.07, 6.45) is 1.90. The lowest BCUT2D eigenvalue weighted by molar-refractivity contribution is -0.191. The van der Waals surface area contributed by atoms with Crippen molar-refractivity contribution >= 4 is 6.15 Å². The second-order valence-corrected chi connectivity index (χ2v) is 4.24. The van der Waals surface area contributed by atoms with Gasteiger partial charge in [-0.1, -0.05) is 13.3 Å². The van der Waals surface area contributed by atoms with Crippen LogP contribution in [0.1, 0.15) is 26.7 Å². The van der Waals surface area contributed by atoms with E-state index < -0.39 is 18.1 Å². The maximum atomic E-state index is 13.2. The van der Waals surface area contributed by atoms with Gasteiger partial charge in [-0.25, -0.2) is 8.78 Å². The van der Waals surface area contributed by atoms with Crippen molar-refractivity contribution in [3.05, 3.63) is 0 Å². The zero-order chi connectivity index (χ0) is 13.0. The van der Waals surface area contributed by atoms with Gasteiger partial charge in [0.25, 0.3) is 5.92 Å². The Balaban J connectivity index is 0.000000673. The third-order valence-corrected chi connectivity index (χ3v) is 3.20. The quantitative estimate of drug-likeness (QED) is 0.757. The molecule has 0 saturated heterocycles. The first-order chi connectivity index (χ1) is 7.28. The van der Waals surface area contributed by atoms with Crippen LogP contribution in [-0.4, -0.2) is 29.3 Å². The molecule has 6 heteroatoms. The second-order valence-electron chi connectivity index (χ2n) is 4.24. The maximum absolute atomic E-state index is 13.2. The van der Waals surface area contributed by atoms with Crippen LogP contribution >= 0.6 is 0 Å². The molecule has 1 saturated carbocycles. The molecule has 1 aliphatic rings. The summed E-state index contributed by atoms with van der Waals surface area (Å²) >= 11 is 0. The van der Waals surface area contributed by atoms with Crippen molar-refractivity contribution in [2.75, 3.05) is 6.61 Å². The summed E-state index contributed by atoms with van der Waals surface area (Å²) in [5, 5.41) is 8.54. The van der Waals surface area contributed by atoms with Crippen LogP contribution in [0.4, 0.5) is 8.78 Å². The molecule has 1 rings (SSSR count). The fourth-order valence-electron chi connectivity index (χ4n) is 1.87. The van der Waals surface area contributed by atoms with E-state index in [1.54, 1.807) is 0 Å². The molecule has 0 heterocycles. The molecule has 1 aliphatic carbocycles. The zero-order valence-corrected chi connectivity index (χ0v) is 9.37. The molecule has 0 radical (unpaired) electrons. The van der Waals surface area contributed by atoms with Gasteiger partial charge in [0, 0.05) is 0 Å². The predicted molar refractivity (Wildman–Crippen MR) is 51.5 cm³/mol. The number of hydrogen-bond donors (Lipinski definition) is 2. The lowest BCUT2D eigenvalue weighted by Gasteiger charge is -2.33. The number of alkyl halides is 2. The first-order valence-electron chi connectivity index (χ1n) is 5.05. The highest BCUT2D eigenvalue weighted by molar-refractivity contribution is 5.20. The zero-order valence-electron chi connectivity index (χ0n) is 9.37. The number of nitrogens with two attached hydrogens (primary N) is 1. The molecule has 3 atom stereocenters. The van der Waals surface area contributed by atoms with Gasteiger partial charge in [-0.2, -0.15) is 9.59 Å². The van der Waals surface area contributed by atoms with E-state index in [1.807, 2.05) is 6.92 Å². The number of hydrogen-bond acceptors (Lipinski definition) is 4. The van der Waals surface area contributed by atoms with E-state index in [9.17, 15) is 8.78 Å². The first kappa shape index (κ1) is 15.2. The fraction of sp³-hybridized carbons (Fsp3) is 0.900. The molecule has 0 bridgehead atoms. The van der Waals surface area contributed by atoms with Gasteiger partial charge >= 0.3 is 6.15 Å². The van der Waals surface area contributed by atoms with Gasteiger partial charge in [-0.15, -0.1) is 0 Å². The van der Waals surface area contributed by atoms with Gasteiger partial charge in [0.2, 0.25) is 0 Å². The third-order valence-electron chi connectivity index (χ3n) is 3.20. The average molecular weight is 237 g/mol. The van der Waals surface area contributed by atoms with Crippen molar-refractivity contribution in [3.63, 3.8) is 0 Å². The number of carbonyl (C=O) groups excluding carboxylic acids is 2. The SMILES string of the molecule is CC[C@H]1C[C@@H]1[C@@](C)(N)C(F)(F)CO.O=C=O. The Morgan fingerprint density at radius 3 is 2.19 bits per heavy atom. The normalized spacial score (nSPS) is 27.1. The van der Waals surface area contributed by atoms with Crippen LogP contribution < -0.4 is 5.73 Å². The minimum atomic E-state index is -3.17. The summed E-state index contributed by atoms with van der Waals surface area (Å²) in [7, 11) is 0. The summed E-state index contributed by atoms with van der Waals surface area (Å²) in [5.74, 6) is -2.99.